The lowest BCUT2D eigenvalue weighted by Gasteiger charge is -2.20. The van der Waals surface area contributed by atoms with Gasteiger partial charge in [-0.25, -0.2) is 13.7 Å². The quantitative estimate of drug-likeness (QED) is 0.121. The van der Waals surface area contributed by atoms with E-state index >= 15 is 0 Å². The van der Waals surface area contributed by atoms with Crippen LogP contribution in [0.4, 0.5) is 5.82 Å². The molecule has 0 amide bonds. The third kappa shape index (κ3) is 4.40. The summed E-state index contributed by atoms with van der Waals surface area (Å²) in [4.78, 5) is 23.9. The van der Waals surface area contributed by atoms with Gasteiger partial charge in [0.15, 0.2) is 11.0 Å². The van der Waals surface area contributed by atoms with Gasteiger partial charge >= 0.3 is 15.6 Å². The molecule has 10 atom stereocenters. The summed E-state index contributed by atoms with van der Waals surface area (Å²) in [6, 6.07) is 0. The van der Waals surface area contributed by atoms with Crippen molar-refractivity contribution in [1.29, 1.82) is 0 Å². The van der Waals surface area contributed by atoms with Gasteiger partial charge in [-0.1, -0.05) is 0 Å². The van der Waals surface area contributed by atoms with Gasteiger partial charge in [0.05, 0.1) is 13.2 Å². The molecule has 4 aliphatic rings. The van der Waals surface area contributed by atoms with Gasteiger partial charge in [0.1, 0.15) is 48.4 Å². The standard InChI is InChI=1S/C15H21N5O13P2/c16-14-8-6-7(18-19-8)13-11(23)9(21)4(31-13)1-29-34(25,26)33-35(27,28)30-2-5-10(22)12(24)15(32-5)20(14)3-17-6/h3-5,9-13,15,21-24H,1-2H2,(H4,16,18,19,25,26,27,28)/p+1/t4-,5-,9-,10-,11-,12-,13+,15-/m1/s1. The van der Waals surface area contributed by atoms with E-state index in [1.165, 1.54) is 6.33 Å². The van der Waals surface area contributed by atoms with E-state index < -0.39 is 77.8 Å². The van der Waals surface area contributed by atoms with Crippen molar-refractivity contribution < 1.29 is 66.7 Å². The minimum Gasteiger partial charge on any atom is -0.387 e. The number of nitrogens with zero attached hydrogens (tertiary/aromatic N) is 3. The molecule has 8 bridgehead atoms. The zero-order chi connectivity index (χ0) is 25.3. The molecule has 2 unspecified atom stereocenters. The molecule has 2 fully saturated rings. The average molecular weight is 542 g/mol. The molecule has 9 N–H and O–H groups in total. The number of anilines is 1. The maximum atomic E-state index is 12.2. The number of nitrogens with one attached hydrogen (secondary N) is 1. The molecule has 2 aromatic rings. The van der Waals surface area contributed by atoms with Crippen molar-refractivity contribution >= 4 is 32.5 Å². The summed E-state index contributed by atoms with van der Waals surface area (Å²) in [5.41, 5.74) is 6.51. The minimum absolute atomic E-state index is 0.0678. The maximum absolute atomic E-state index is 12.2. The zero-order valence-electron chi connectivity index (χ0n) is 17.5. The number of aromatic amines is 1. The number of aliphatic hydroxyl groups excluding tert-OH is 4. The van der Waals surface area contributed by atoms with Crippen molar-refractivity contribution in [3.8, 4) is 0 Å². The number of nitrogens with two attached hydrogens (primary N) is 1. The highest BCUT2D eigenvalue weighted by Gasteiger charge is 2.50. The number of phosphoric ester groups is 2. The molecule has 194 valence electrons. The highest BCUT2D eigenvalue weighted by molar-refractivity contribution is 7.61. The molecule has 0 saturated carbocycles. The monoisotopic (exact) mass is 542 g/mol. The van der Waals surface area contributed by atoms with Gasteiger partial charge in [-0.3, -0.25) is 14.1 Å². The van der Waals surface area contributed by atoms with Crippen molar-refractivity contribution in [1.82, 2.24) is 15.2 Å². The first-order chi connectivity index (χ1) is 16.4. The van der Waals surface area contributed by atoms with Gasteiger partial charge < -0.3 is 45.4 Å². The third-order valence-corrected chi connectivity index (χ3v) is 8.47. The molecule has 2 aromatic heterocycles. The Morgan fingerprint density at radius 1 is 0.943 bits per heavy atom. The van der Waals surface area contributed by atoms with Crippen LogP contribution in [0.1, 0.15) is 18.0 Å². The molecule has 6 heterocycles. The number of nitrogen functional groups attached to an aromatic ring is 1. The second-order valence-corrected chi connectivity index (χ2v) is 11.1. The van der Waals surface area contributed by atoms with Gasteiger partial charge in [-0.15, -0.1) is 4.98 Å². The Kier molecular flexibility index (Phi) is 6.25. The Bertz CT molecular complexity index is 1230. The van der Waals surface area contributed by atoms with Crippen molar-refractivity contribution in [2.75, 3.05) is 18.9 Å². The molecule has 0 spiro atoms. The molecule has 4 aliphatic heterocycles. The van der Waals surface area contributed by atoms with Gasteiger partial charge in [0.2, 0.25) is 12.6 Å². The Balaban J connectivity index is 1.57. The van der Waals surface area contributed by atoms with Crippen molar-refractivity contribution in [3.63, 3.8) is 0 Å². The third-order valence-electron chi connectivity index (χ3n) is 5.87. The number of rotatable bonds is 0. The SMILES string of the molecule is Nc1c2n[nH]c3c2nc[n+]1[C@@H]1O[C@H](COP(=O)(O)OP(=O)(O)OC[C@H]2O[C@@H]3[C@H](O)[C@@H]2O)[C@@H](O)[C@H]1O. The van der Waals surface area contributed by atoms with Gasteiger partial charge in [-0.05, 0) is 0 Å². The second kappa shape index (κ2) is 8.74. The number of aliphatic hydroxyl groups is 4. The first-order valence-corrected chi connectivity index (χ1v) is 13.1. The maximum Gasteiger partial charge on any atom is 0.481 e. The van der Waals surface area contributed by atoms with Crippen molar-refractivity contribution in [2.45, 2.75) is 49.0 Å². The number of ether oxygens (including phenoxy) is 2. The van der Waals surface area contributed by atoms with Crippen LogP contribution in [0, 0.1) is 0 Å². The van der Waals surface area contributed by atoms with E-state index in [1.54, 1.807) is 0 Å². The molecule has 6 rings (SSSR count). The highest BCUT2D eigenvalue weighted by atomic mass is 31.3. The van der Waals surface area contributed by atoms with E-state index in [1.807, 2.05) is 0 Å². The molecule has 18 nitrogen and oxygen atoms in total. The summed E-state index contributed by atoms with van der Waals surface area (Å²) in [7, 11) is -10.5. The van der Waals surface area contributed by atoms with Gasteiger partial charge in [0.25, 0.3) is 5.82 Å². The molecule has 2 saturated heterocycles. The largest absolute Gasteiger partial charge is 0.481 e. The fourth-order valence-electron chi connectivity index (χ4n) is 4.10. The summed E-state index contributed by atoms with van der Waals surface area (Å²) in [5.74, 6) is -0.0678. The first kappa shape index (κ1) is 25.0. The first-order valence-electron chi connectivity index (χ1n) is 10.1. The zero-order valence-corrected chi connectivity index (χ0v) is 19.3. The lowest BCUT2D eigenvalue weighted by Crippen LogP contribution is -2.48. The number of H-pyrrole nitrogens is 1. The Hall–Kier alpha value is -1.63. The number of hydrogen-bond acceptors (Lipinski definition) is 14. The van der Waals surface area contributed by atoms with Crippen LogP contribution in [0.3, 0.4) is 0 Å². The molecule has 20 heteroatoms. The molecule has 35 heavy (non-hydrogen) atoms. The molecule has 0 radical (unpaired) electrons. The van der Waals surface area contributed by atoms with Crippen LogP contribution in [-0.2, 0) is 32.0 Å². The van der Waals surface area contributed by atoms with Crippen LogP contribution in [0.15, 0.2) is 6.33 Å². The number of hydrogen-bond donors (Lipinski definition) is 8. The van der Waals surface area contributed by atoms with E-state index in [9.17, 15) is 39.3 Å². The van der Waals surface area contributed by atoms with E-state index in [0.29, 0.717) is 0 Å². The second-order valence-electron chi connectivity index (χ2n) is 8.10. The van der Waals surface area contributed by atoms with Crippen molar-refractivity contribution in [3.05, 3.63) is 12.0 Å². The summed E-state index contributed by atoms with van der Waals surface area (Å²) >= 11 is 0. The van der Waals surface area contributed by atoms with Gasteiger partial charge in [-0.2, -0.15) is 9.41 Å². The van der Waals surface area contributed by atoms with Crippen LogP contribution in [0.5, 0.6) is 0 Å². The van der Waals surface area contributed by atoms with Crippen LogP contribution in [0.2, 0.25) is 0 Å². The normalized spacial score (nSPS) is 44.6. The number of aromatic nitrogens is 4. The summed E-state index contributed by atoms with van der Waals surface area (Å²) in [6.45, 7) is -1.67. The number of phosphoric acid groups is 2. The Morgan fingerprint density at radius 2 is 1.54 bits per heavy atom. The van der Waals surface area contributed by atoms with E-state index in [0.717, 1.165) is 4.57 Å². The van der Waals surface area contributed by atoms with Crippen LogP contribution in [-0.4, -0.2) is 95.2 Å². The predicted octanol–water partition coefficient (Wildman–Crippen LogP) is -3.13. The molecule has 0 aliphatic carbocycles. The topological polar surface area (TPSA) is 273 Å². The Morgan fingerprint density at radius 3 is 2.20 bits per heavy atom. The fourth-order valence-corrected chi connectivity index (χ4v) is 6.19. The minimum atomic E-state index is -5.25. The van der Waals surface area contributed by atoms with E-state index in [-0.39, 0.29) is 22.5 Å². The lowest BCUT2D eigenvalue weighted by molar-refractivity contribution is -0.754. The molecule has 0 aromatic carbocycles. The number of fused-ring (bicyclic) bond motifs is 7. The highest BCUT2D eigenvalue weighted by Crippen LogP contribution is 2.60. The Labute approximate surface area is 195 Å². The van der Waals surface area contributed by atoms with Crippen LogP contribution in [0.25, 0.3) is 11.0 Å². The summed E-state index contributed by atoms with van der Waals surface area (Å²) in [5, 5.41) is 48.3. The van der Waals surface area contributed by atoms with Crippen LogP contribution >= 0.6 is 15.6 Å². The van der Waals surface area contributed by atoms with E-state index in [4.69, 9.17) is 15.2 Å². The average Bonchev–Trinajstić information content (AvgIpc) is 3.41. The van der Waals surface area contributed by atoms with Crippen LogP contribution < -0.4 is 10.3 Å². The molecular formula is C15H22N5O13P2+. The lowest BCUT2D eigenvalue weighted by atomic mass is 10.1. The van der Waals surface area contributed by atoms with Gasteiger partial charge in [0, 0.05) is 0 Å². The summed E-state index contributed by atoms with van der Waals surface area (Å²) in [6.07, 6.45) is -10.6. The smallest absolute Gasteiger partial charge is 0.387 e. The van der Waals surface area contributed by atoms with Crippen molar-refractivity contribution in [2.24, 2.45) is 0 Å². The van der Waals surface area contributed by atoms with E-state index in [2.05, 4.69) is 28.5 Å². The fraction of sp³-hybridized carbons (Fsp3) is 0.667. The summed E-state index contributed by atoms with van der Waals surface area (Å²) < 4.78 is 50.1. The molecular weight excluding hydrogens is 520 g/mol. The predicted molar refractivity (Wildman–Crippen MR) is 107 cm³/mol.